The molecule has 2 aliphatic heterocycles. The maximum absolute atomic E-state index is 10.2. The van der Waals surface area contributed by atoms with Crippen LogP contribution in [0.4, 0.5) is 5.82 Å². The molecule has 1 aromatic carbocycles. The van der Waals surface area contributed by atoms with Gasteiger partial charge in [0, 0.05) is 30.3 Å². The number of aryl methyl sites for hydroxylation is 1. The van der Waals surface area contributed by atoms with Gasteiger partial charge in [0.15, 0.2) is 5.82 Å². The highest BCUT2D eigenvalue weighted by atomic mass is 16.3. The molecule has 1 aromatic heterocycles. The standard InChI is InChI=1S/C19H24N4O/c1-13-5-3-7-17(24)18(13)16-11-14-8-10-23(19(14)21-20-16)15-6-4-9-22(2)12-15/h3,5,7,11,15,24H,4,6,8-10,12H2,1-2H3/t15-/m0/s1. The number of nitrogens with zero attached hydrogens (tertiary/aromatic N) is 4. The Bertz CT molecular complexity index is 741. The Morgan fingerprint density at radius 3 is 2.88 bits per heavy atom. The van der Waals surface area contributed by atoms with E-state index in [1.54, 1.807) is 6.07 Å². The Morgan fingerprint density at radius 2 is 2.08 bits per heavy atom. The number of aromatic hydroxyl groups is 1. The highest BCUT2D eigenvalue weighted by Crippen LogP contribution is 2.35. The lowest BCUT2D eigenvalue weighted by Gasteiger charge is -2.36. The van der Waals surface area contributed by atoms with Gasteiger partial charge in [0.25, 0.3) is 0 Å². The van der Waals surface area contributed by atoms with Crippen LogP contribution in [0.2, 0.25) is 0 Å². The van der Waals surface area contributed by atoms with Crippen LogP contribution in [-0.2, 0) is 6.42 Å². The minimum absolute atomic E-state index is 0.271. The first-order chi connectivity index (χ1) is 11.6. The molecule has 3 heterocycles. The van der Waals surface area contributed by atoms with Gasteiger partial charge < -0.3 is 14.9 Å². The molecular formula is C19H24N4O. The minimum Gasteiger partial charge on any atom is -0.507 e. The van der Waals surface area contributed by atoms with Gasteiger partial charge in [-0.2, -0.15) is 0 Å². The molecule has 1 saturated heterocycles. The van der Waals surface area contributed by atoms with Gasteiger partial charge in [-0.25, -0.2) is 0 Å². The zero-order valence-electron chi connectivity index (χ0n) is 14.4. The van der Waals surface area contributed by atoms with Crippen LogP contribution >= 0.6 is 0 Å². The third-order valence-electron chi connectivity index (χ3n) is 5.29. The van der Waals surface area contributed by atoms with E-state index in [0.29, 0.717) is 6.04 Å². The van der Waals surface area contributed by atoms with Crippen LogP contribution in [0.5, 0.6) is 5.75 Å². The molecule has 2 aliphatic rings. The number of likely N-dealkylation sites (tertiary alicyclic amines) is 1. The molecule has 0 bridgehead atoms. The van der Waals surface area contributed by atoms with E-state index >= 15 is 0 Å². The van der Waals surface area contributed by atoms with Crippen molar-refractivity contribution in [3.63, 3.8) is 0 Å². The van der Waals surface area contributed by atoms with E-state index in [1.807, 2.05) is 19.1 Å². The smallest absolute Gasteiger partial charge is 0.154 e. The van der Waals surface area contributed by atoms with Crippen molar-refractivity contribution in [1.82, 2.24) is 15.1 Å². The zero-order valence-corrected chi connectivity index (χ0v) is 14.4. The molecule has 0 radical (unpaired) electrons. The predicted octanol–water partition coefficient (Wildman–Crippen LogP) is 2.61. The Hall–Kier alpha value is -2.14. The predicted molar refractivity (Wildman–Crippen MR) is 95.4 cm³/mol. The first kappa shape index (κ1) is 15.4. The van der Waals surface area contributed by atoms with Crippen LogP contribution in [0.25, 0.3) is 11.3 Å². The molecule has 2 aromatic rings. The van der Waals surface area contributed by atoms with Crippen molar-refractivity contribution in [3.05, 3.63) is 35.4 Å². The van der Waals surface area contributed by atoms with Gasteiger partial charge in [-0.05, 0) is 57.5 Å². The van der Waals surface area contributed by atoms with Crippen molar-refractivity contribution in [1.29, 1.82) is 0 Å². The monoisotopic (exact) mass is 324 g/mol. The highest BCUT2D eigenvalue weighted by Gasteiger charge is 2.30. The quantitative estimate of drug-likeness (QED) is 0.920. The summed E-state index contributed by atoms with van der Waals surface area (Å²) in [5.41, 5.74) is 3.83. The molecule has 0 amide bonds. The molecule has 0 saturated carbocycles. The molecular weight excluding hydrogens is 300 g/mol. The van der Waals surface area contributed by atoms with Crippen LogP contribution in [0, 0.1) is 6.92 Å². The second kappa shape index (κ2) is 6.06. The largest absolute Gasteiger partial charge is 0.507 e. The molecule has 126 valence electrons. The summed E-state index contributed by atoms with van der Waals surface area (Å²) in [6, 6.07) is 8.21. The lowest BCUT2D eigenvalue weighted by Crippen LogP contribution is -2.46. The number of phenols is 1. The Labute approximate surface area is 142 Å². The topological polar surface area (TPSA) is 52.5 Å². The van der Waals surface area contributed by atoms with Gasteiger partial charge in [0.05, 0.1) is 5.69 Å². The number of aromatic nitrogens is 2. The molecule has 5 heteroatoms. The van der Waals surface area contributed by atoms with Crippen molar-refractivity contribution in [2.24, 2.45) is 0 Å². The van der Waals surface area contributed by atoms with Crippen molar-refractivity contribution in [2.45, 2.75) is 32.2 Å². The molecule has 1 N–H and O–H groups in total. The third-order valence-corrected chi connectivity index (χ3v) is 5.29. The summed E-state index contributed by atoms with van der Waals surface area (Å²) in [6.45, 7) is 5.30. The Balaban J connectivity index is 1.66. The number of likely N-dealkylation sites (N-methyl/N-ethyl adjacent to an activating group) is 1. The maximum Gasteiger partial charge on any atom is 0.154 e. The van der Waals surface area contributed by atoms with Crippen LogP contribution < -0.4 is 4.90 Å². The summed E-state index contributed by atoms with van der Waals surface area (Å²) >= 11 is 0. The fourth-order valence-corrected chi connectivity index (χ4v) is 4.05. The third kappa shape index (κ3) is 2.63. The van der Waals surface area contributed by atoms with Crippen LogP contribution in [0.15, 0.2) is 24.3 Å². The first-order valence-corrected chi connectivity index (χ1v) is 8.74. The van der Waals surface area contributed by atoms with E-state index in [-0.39, 0.29) is 5.75 Å². The number of phenolic OH excluding ortho intramolecular Hbond substituents is 1. The summed E-state index contributed by atoms with van der Waals surface area (Å²) in [5, 5.41) is 19.2. The maximum atomic E-state index is 10.2. The van der Waals surface area contributed by atoms with Crippen molar-refractivity contribution in [3.8, 4) is 17.0 Å². The summed E-state index contributed by atoms with van der Waals surface area (Å²) in [5.74, 6) is 1.31. The molecule has 0 spiro atoms. The number of piperidine rings is 1. The highest BCUT2D eigenvalue weighted by molar-refractivity contribution is 5.72. The fourth-order valence-electron chi connectivity index (χ4n) is 4.05. The van der Waals surface area contributed by atoms with Gasteiger partial charge in [0.2, 0.25) is 0 Å². The SMILES string of the molecule is Cc1cccc(O)c1-c1cc2c(nn1)N([C@H]1CCCN(C)C1)CC2. The van der Waals surface area contributed by atoms with Crippen LogP contribution in [-0.4, -0.2) is 52.9 Å². The summed E-state index contributed by atoms with van der Waals surface area (Å²) in [7, 11) is 2.19. The average Bonchev–Trinajstić information content (AvgIpc) is 2.98. The van der Waals surface area contributed by atoms with E-state index in [2.05, 4.69) is 33.1 Å². The van der Waals surface area contributed by atoms with E-state index in [0.717, 1.165) is 42.1 Å². The number of hydrogen-bond donors (Lipinski definition) is 1. The summed E-state index contributed by atoms with van der Waals surface area (Å²) < 4.78 is 0. The first-order valence-electron chi connectivity index (χ1n) is 8.74. The summed E-state index contributed by atoms with van der Waals surface area (Å²) in [4.78, 5) is 4.83. The average molecular weight is 324 g/mol. The number of hydrogen-bond acceptors (Lipinski definition) is 5. The molecule has 1 atom stereocenters. The van der Waals surface area contributed by atoms with Crippen LogP contribution in [0.1, 0.15) is 24.0 Å². The lowest BCUT2D eigenvalue weighted by molar-refractivity contribution is 0.245. The molecule has 4 rings (SSSR count). The minimum atomic E-state index is 0.271. The van der Waals surface area contributed by atoms with E-state index in [9.17, 15) is 5.11 Å². The molecule has 0 unspecified atom stereocenters. The van der Waals surface area contributed by atoms with Gasteiger partial charge in [-0.15, -0.1) is 10.2 Å². The lowest BCUT2D eigenvalue weighted by atomic mass is 10.0. The molecule has 1 fully saturated rings. The molecule has 5 nitrogen and oxygen atoms in total. The van der Waals surface area contributed by atoms with E-state index in [1.165, 1.54) is 24.9 Å². The molecule has 24 heavy (non-hydrogen) atoms. The number of anilines is 1. The Morgan fingerprint density at radius 1 is 1.21 bits per heavy atom. The normalized spacial score (nSPS) is 21.1. The van der Waals surface area contributed by atoms with Gasteiger partial charge in [0.1, 0.15) is 5.75 Å². The van der Waals surface area contributed by atoms with Crippen molar-refractivity contribution >= 4 is 5.82 Å². The van der Waals surface area contributed by atoms with Crippen molar-refractivity contribution in [2.75, 3.05) is 31.6 Å². The zero-order chi connectivity index (χ0) is 16.7. The molecule has 0 aliphatic carbocycles. The number of fused-ring (bicyclic) bond motifs is 1. The Kier molecular flexibility index (Phi) is 3.88. The fraction of sp³-hybridized carbons (Fsp3) is 0.474. The van der Waals surface area contributed by atoms with Gasteiger partial charge >= 0.3 is 0 Å². The number of rotatable bonds is 2. The van der Waals surface area contributed by atoms with Crippen LogP contribution in [0.3, 0.4) is 0 Å². The van der Waals surface area contributed by atoms with E-state index < -0.39 is 0 Å². The number of benzene rings is 1. The van der Waals surface area contributed by atoms with Gasteiger partial charge in [-0.3, -0.25) is 0 Å². The van der Waals surface area contributed by atoms with E-state index in [4.69, 9.17) is 0 Å². The second-order valence-electron chi connectivity index (χ2n) is 7.05. The summed E-state index contributed by atoms with van der Waals surface area (Å²) in [6.07, 6.45) is 3.48. The van der Waals surface area contributed by atoms with Crippen molar-refractivity contribution < 1.29 is 5.11 Å². The van der Waals surface area contributed by atoms with Gasteiger partial charge in [-0.1, -0.05) is 12.1 Å². The second-order valence-corrected chi connectivity index (χ2v) is 7.05.